The lowest BCUT2D eigenvalue weighted by molar-refractivity contribution is 0.0596. The molecule has 3 aliphatic rings. The fraction of sp³-hybridized carbons (Fsp3) is 0.778. The first-order valence-corrected chi connectivity index (χ1v) is 12.1. The van der Waals surface area contributed by atoms with Crippen molar-refractivity contribution < 1.29 is 10.2 Å². The topological polar surface area (TPSA) is 40.5 Å². The molecular formula is C27H44O2. The van der Waals surface area contributed by atoms with Crippen LogP contribution in [0.15, 0.2) is 35.5 Å². The zero-order chi connectivity index (χ0) is 21.2. The van der Waals surface area contributed by atoms with Gasteiger partial charge in [-0.1, -0.05) is 56.6 Å². The second kappa shape index (κ2) is 9.10. The first-order chi connectivity index (χ1) is 13.6. The average Bonchev–Trinajstić information content (AvgIpc) is 2.99. The third-order valence-electron chi connectivity index (χ3n) is 8.36. The highest BCUT2D eigenvalue weighted by Crippen LogP contribution is 2.60. The van der Waals surface area contributed by atoms with E-state index in [0.717, 1.165) is 49.9 Å². The summed E-state index contributed by atoms with van der Waals surface area (Å²) < 4.78 is 0. The maximum atomic E-state index is 10.0. The number of hydrogen-bond acceptors (Lipinski definition) is 2. The van der Waals surface area contributed by atoms with Crippen molar-refractivity contribution >= 4 is 0 Å². The minimum absolute atomic E-state index is 0.192. The molecule has 3 rings (SSSR count). The summed E-state index contributed by atoms with van der Waals surface area (Å²) in [4.78, 5) is 0. The van der Waals surface area contributed by atoms with E-state index in [4.69, 9.17) is 0 Å². The molecule has 0 amide bonds. The Morgan fingerprint density at radius 3 is 2.69 bits per heavy atom. The zero-order valence-electron chi connectivity index (χ0n) is 19.3. The van der Waals surface area contributed by atoms with Crippen LogP contribution in [0.3, 0.4) is 0 Å². The van der Waals surface area contributed by atoms with Gasteiger partial charge in [-0.25, -0.2) is 0 Å². The highest BCUT2D eigenvalue weighted by Gasteiger charge is 2.50. The van der Waals surface area contributed by atoms with Crippen molar-refractivity contribution in [3.63, 3.8) is 0 Å². The van der Waals surface area contributed by atoms with Crippen LogP contribution in [0.5, 0.6) is 0 Å². The smallest absolute Gasteiger partial charge is 0.0591 e. The SMILES string of the molecule is C=C1CC[C@H](O)C/C1=C/C=C1CCC[C@@]2(C)[C@@H]1CC[C@@H]2[C@H](C)CCCC(C)(C)O. The van der Waals surface area contributed by atoms with Gasteiger partial charge in [0, 0.05) is 0 Å². The summed E-state index contributed by atoms with van der Waals surface area (Å²) >= 11 is 0. The summed E-state index contributed by atoms with van der Waals surface area (Å²) in [5.74, 6) is 2.26. The lowest BCUT2D eigenvalue weighted by atomic mass is 9.60. The molecule has 0 saturated heterocycles. The molecule has 0 aromatic heterocycles. The van der Waals surface area contributed by atoms with E-state index in [0.29, 0.717) is 5.41 Å². The van der Waals surface area contributed by atoms with E-state index in [2.05, 4.69) is 32.6 Å². The summed E-state index contributed by atoms with van der Waals surface area (Å²) in [7, 11) is 0. The Morgan fingerprint density at radius 1 is 1.21 bits per heavy atom. The molecule has 0 spiro atoms. The van der Waals surface area contributed by atoms with Crippen LogP contribution >= 0.6 is 0 Å². The monoisotopic (exact) mass is 400 g/mol. The normalized spacial score (nSPS) is 37.2. The van der Waals surface area contributed by atoms with Crippen LogP contribution in [0.4, 0.5) is 0 Å². The van der Waals surface area contributed by atoms with Crippen molar-refractivity contribution in [3.05, 3.63) is 35.5 Å². The summed E-state index contributed by atoms with van der Waals surface area (Å²) in [6.45, 7) is 13.1. The van der Waals surface area contributed by atoms with Crippen LogP contribution < -0.4 is 0 Å². The molecular weight excluding hydrogens is 356 g/mol. The van der Waals surface area contributed by atoms with Gasteiger partial charge in [0.1, 0.15) is 0 Å². The lowest BCUT2D eigenvalue weighted by Gasteiger charge is -2.44. The van der Waals surface area contributed by atoms with Crippen molar-refractivity contribution in [2.45, 2.75) is 110 Å². The van der Waals surface area contributed by atoms with Gasteiger partial charge in [0.25, 0.3) is 0 Å². The summed E-state index contributed by atoms with van der Waals surface area (Å²) in [5, 5.41) is 20.1. The number of aliphatic hydroxyl groups excluding tert-OH is 1. The van der Waals surface area contributed by atoms with Crippen molar-refractivity contribution in [1.82, 2.24) is 0 Å². The maximum Gasteiger partial charge on any atom is 0.0591 e. The van der Waals surface area contributed by atoms with Crippen LogP contribution in [0.2, 0.25) is 0 Å². The molecule has 2 nitrogen and oxygen atoms in total. The molecule has 0 aromatic carbocycles. The predicted octanol–water partition coefficient (Wildman–Crippen LogP) is 6.73. The fourth-order valence-corrected chi connectivity index (χ4v) is 6.67. The molecule has 0 unspecified atom stereocenters. The molecule has 0 aliphatic heterocycles. The van der Waals surface area contributed by atoms with E-state index in [-0.39, 0.29) is 6.10 Å². The lowest BCUT2D eigenvalue weighted by Crippen LogP contribution is -2.36. The Morgan fingerprint density at radius 2 is 1.97 bits per heavy atom. The average molecular weight is 401 g/mol. The molecule has 2 N–H and O–H groups in total. The first kappa shape index (κ1) is 22.8. The Bertz CT molecular complexity index is 650. The largest absolute Gasteiger partial charge is 0.393 e. The molecule has 3 saturated carbocycles. The Balaban J connectivity index is 1.68. The molecule has 0 aromatic rings. The van der Waals surface area contributed by atoms with Crippen LogP contribution in [-0.4, -0.2) is 21.9 Å². The third-order valence-corrected chi connectivity index (χ3v) is 8.36. The molecule has 0 bridgehead atoms. The second-order valence-electron chi connectivity index (χ2n) is 11.2. The minimum atomic E-state index is -0.535. The Hall–Kier alpha value is -0.860. The number of fused-ring (bicyclic) bond motifs is 1. The van der Waals surface area contributed by atoms with Gasteiger partial charge in [-0.15, -0.1) is 0 Å². The molecule has 0 heterocycles. The molecule has 3 fully saturated rings. The van der Waals surface area contributed by atoms with Gasteiger partial charge in [-0.05, 0) is 100 Å². The van der Waals surface area contributed by atoms with Gasteiger partial charge in [-0.3, -0.25) is 0 Å². The van der Waals surface area contributed by atoms with Crippen LogP contribution in [-0.2, 0) is 0 Å². The van der Waals surface area contributed by atoms with E-state index in [1.807, 2.05) is 13.8 Å². The molecule has 164 valence electrons. The zero-order valence-corrected chi connectivity index (χ0v) is 19.3. The summed E-state index contributed by atoms with van der Waals surface area (Å²) in [6, 6.07) is 0. The van der Waals surface area contributed by atoms with Gasteiger partial charge in [0.05, 0.1) is 11.7 Å². The second-order valence-corrected chi connectivity index (χ2v) is 11.2. The van der Waals surface area contributed by atoms with Gasteiger partial charge in [-0.2, -0.15) is 0 Å². The first-order valence-electron chi connectivity index (χ1n) is 12.1. The molecule has 2 heteroatoms. The molecule has 3 aliphatic carbocycles. The number of rotatable bonds is 6. The van der Waals surface area contributed by atoms with Crippen LogP contribution in [0.25, 0.3) is 0 Å². The van der Waals surface area contributed by atoms with Crippen LogP contribution in [0.1, 0.15) is 98.3 Å². The molecule has 0 radical (unpaired) electrons. The number of aliphatic hydroxyl groups is 2. The van der Waals surface area contributed by atoms with Gasteiger partial charge >= 0.3 is 0 Å². The highest BCUT2D eigenvalue weighted by molar-refractivity contribution is 5.36. The van der Waals surface area contributed by atoms with E-state index >= 15 is 0 Å². The van der Waals surface area contributed by atoms with Crippen molar-refractivity contribution in [2.75, 3.05) is 0 Å². The quantitative estimate of drug-likeness (QED) is 0.518. The van der Waals surface area contributed by atoms with Crippen LogP contribution in [0, 0.1) is 23.2 Å². The molecule has 5 atom stereocenters. The molecule has 29 heavy (non-hydrogen) atoms. The predicted molar refractivity (Wildman–Crippen MR) is 123 cm³/mol. The Labute approximate surface area is 179 Å². The van der Waals surface area contributed by atoms with Gasteiger partial charge in [0.2, 0.25) is 0 Å². The van der Waals surface area contributed by atoms with Crippen molar-refractivity contribution in [2.24, 2.45) is 23.2 Å². The summed E-state index contributed by atoms with van der Waals surface area (Å²) in [6.07, 6.45) is 16.9. The van der Waals surface area contributed by atoms with E-state index < -0.39 is 5.60 Å². The van der Waals surface area contributed by atoms with Gasteiger partial charge < -0.3 is 10.2 Å². The number of allylic oxidation sites excluding steroid dienone is 4. The van der Waals surface area contributed by atoms with Crippen molar-refractivity contribution in [3.8, 4) is 0 Å². The summed E-state index contributed by atoms with van der Waals surface area (Å²) in [5.41, 5.74) is 4.02. The number of hydrogen-bond donors (Lipinski definition) is 2. The van der Waals surface area contributed by atoms with Crippen molar-refractivity contribution in [1.29, 1.82) is 0 Å². The van der Waals surface area contributed by atoms with Gasteiger partial charge in [0.15, 0.2) is 0 Å². The third kappa shape index (κ3) is 5.44. The van der Waals surface area contributed by atoms with E-state index in [1.54, 1.807) is 5.57 Å². The minimum Gasteiger partial charge on any atom is -0.393 e. The fourth-order valence-electron chi connectivity index (χ4n) is 6.67. The standard InChI is InChI=1S/C27H44O2/c1-19-10-13-23(28)18-22(19)12-11-21-9-7-17-27(5)24(14-15-25(21)27)20(2)8-6-16-26(3,4)29/h11-12,20,23-25,28-29H,1,6-10,13-18H2,2-5H3/b21-11?,22-12-/t20-,23+,24-,25-,27-/m1/s1. The Kier molecular flexibility index (Phi) is 7.16. The van der Waals surface area contributed by atoms with E-state index in [9.17, 15) is 10.2 Å². The van der Waals surface area contributed by atoms with E-state index in [1.165, 1.54) is 49.7 Å². The highest BCUT2D eigenvalue weighted by atomic mass is 16.3. The maximum absolute atomic E-state index is 10.0.